The van der Waals surface area contributed by atoms with Crippen LogP contribution in [0.5, 0.6) is 0 Å². The van der Waals surface area contributed by atoms with Gasteiger partial charge in [0, 0.05) is 13.1 Å². The molecule has 2 aromatic carbocycles. The monoisotopic (exact) mass is 376 g/mol. The van der Waals surface area contributed by atoms with E-state index in [-0.39, 0.29) is 11.3 Å². The van der Waals surface area contributed by atoms with E-state index in [1.165, 1.54) is 49.0 Å². The molecule has 0 aromatic heterocycles. The fraction of sp³-hybridized carbons (Fsp3) is 0.480. The first kappa shape index (κ1) is 19.2. The van der Waals surface area contributed by atoms with Crippen LogP contribution in [0.4, 0.5) is 0 Å². The summed E-state index contributed by atoms with van der Waals surface area (Å²) in [4.78, 5) is 15.8. The number of likely N-dealkylation sites (tertiary alicyclic amines) is 1. The molecule has 0 radical (unpaired) electrons. The summed E-state index contributed by atoms with van der Waals surface area (Å²) in [5.74, 6) is 0.192. The van der Waals surface area contributed by atoms with E-state index in [0.717, 1.165) is 32.2 Å². The molecule has 0 atom stereocenters. The van der Waals surface area contributed by atoms with Gasteiger partial charge in [-0.2, -0.15) is 0 Å². The zero-order chi connectivity index (χ0) is 19.2. The molecular formula is C25H32N2O. The van der Waals surface area contributed by atoms with Crippen LogP contribution in [0.15, 0.2) is 54.6 Å². The molecule has 1 N–H and O–H groups in total. The third-order valence-corrected chi connectivity index (χ3v) is 6.52. The Kier molecular flexibility index (Phi) is 6.11. The lowest BCUT2D eigenvalue weighted by molar-refractivity contribution is -0.126. The number of carbonyl (C=O) groups is 1. The predicted molar refractivity (Wildman–Crippen MR) is 114 cm³/mol. The Morgan fingerprint density at radius 1 is 0.857 bits per heavy atom. The lowest BCUT2D eigenvalue weighted by Crippen LogP contribution is -2.42. The van der Waals surface area contributed by atoms with Crippen LogP contribution in [0.2, 0.25) is 0 Å². The van der Waals surface area contributed by atoms with Gasteiger partial charge in [-0.15, -0.1) is 0 Å². The van der Waals surface area contributed by atoms with Gasteiger partial charge in [0.15, 0.2) is 0 Å². The average Bonchev–Trinajstić information content (AvgIpc) is 3.25. The van der Waals surface area contributed by atoms with Crippen LogP contribution in [0, 0.1) is 0 Å². The standard InChI is InChI=1S/C25H32N2O/c28-24(25(14-5-6-15-25)23-12-3-1-4-13-23)26-19-21-10-9-11-22(18-21)20-27-16-7-2-8-17-27/h1,3-4,9-13,18H,2,5-8,14-17,19-20H2,(H,26,28). The molecule has 1 aliphatic carbocycles. The predicted octanol–water partition coefficient (Wildman–Crippen LogP) is 4.80. The van der Waals surface area contributed by atoms with Gasteiger partial charge in [0.05, 0.1) is 5.41 Å². The van der Waals surface area contributed by atoms with Crippen LogP contribution in [0.3, 0.4) is 0 Å². The molecule has 2 fully saturated rings. The molecule has 1 aliphatic heterocycles. The minimum atomic E-state index is -0.341. The first-order valence-corrected chi connectivity index (χ1v) is 10.9. The van der Waals surface area contributed by atoms with Crippen molar-refractivity contribution in [1.82, 2.24) is 10.2 Å². The van der Waals surface area contributed by atoms with Gasteiger partial charge in [-0.25, -0.2) is 0 Å². The SMILES string of the molecule is O=C(NCc1cccc(CN2CCCCC2)c1)C1(c2ccccc2)CCCC1. The first-order chi connectivity index (χ1) is 13.8. The third-order valence-electron chi connectivity index (χ3n) is 6.52. The smallest absolute Gasteiger partial charge is 0.230 e. The minimum Gasteiger partial charge on any atom is -0.351 e. The zero-order valence-corrected chi connectivity index (χ0v) is 16.8. The van der Waals surface area contributed by atoms with Gasteiger partial charge in [0.2, 0.25) is 5.91 Å². The van der Waals surface area contributed by atoms with Gasteiger partial charge < -0.3 is 5.32 Å². The lowest BCUT2D eigenvalue weighted by Gasteiger charge is -2.28. The highest BCUT2D eigenvalue weighted by Crippen LogP contribution is 2.41. The number of hydrogen-bond acceptors (Lipinski definition) is 2. The van der Waals surface area contributed by atoms with Crippen molar-refractivity contribution in [3.05, 3.63) is 71.3 Å². The Hall–Kier alpha value is -2.13. The molecule has 3 heteroatoms. The highest BCUT2D eigenvalue weighted by molar-refractivity contribution is 5.88. The Morgan fingerprint density at radius 3 is 2.32 bits per heavy atom. The third kappa shape index (κ3) is 4.30. The van der Waals surface area contributed by atoms with Crippen LogP contribution in [0.1, 0.15) is 61.6 Å². The molecule has 2 aliphatic rings. The van der Waals surface area contributed by atoms with E-state index in [9.17, 15) is 4.79 Å². The highest BCUT2D eigenvalue weighted by Gasteiger charge is 2.42. The Bertz CT molecular complexity index is 774. The van der Waals surface area contributed by atoms with Crippen molar-refractivity contribution in [3.63, 3.8) is 0 Å². The van der Waals surface area contributed by atoms with Gasteiger partial charge in [-0.3, -0.25) is 9.69 Å². The van der Waals surface area contributed by atoms with Crippen LogP contribution in [0.25, 0.3) is 0 Å². The Balaban J connectivity index is 1.41. The summed E-state index contributed by atoms with van der Waals surface area (Å²) in [6, 6.07) is 19.1. The maximum Gasteiger partial charge on any atom is 0.230 e. The summed E-state index contributed by atoms with van der Waals surface area (Å²) in [5.41, 5.74) is 3.38. The van der Waals surface area contributed by atoms with E-state index in [1.807, 2.05) is 18.2 Å². The summed E-state index contributed by atoms with van der Waals surface area (Å²) in [6.45, 7) is 4.05. The fourth-order valence-electron chi connectivity index (χ4n) is 4.95. The number of carbonyl (C=O) groups excluding carboxylic acids is 1. The van der Waals surface area contributed by atoms with E-state index in [4.69, 9.17) is 0 Å². The van der Waals surface area contributed by atoms with Crippen LogP contribution in [-0.4, -0.2) is 23.9 Å². The molecule has 1 saturated heterocycles. The summed E-state index contributed by atoms with van der Waals surface area (Å²) >= 11 is 0. The van der Waals surface area contributed by atoms with Gasteiger partial charge in [-0.05, 0) is 55.5 Å². The number of amides is 1. The average molecular weight is 377 g/mol. The molecule has 28 heavy (non-hydrogen) atoms. The number of nitrogens with zero attached hydrogens (tertiary/aromatic N) is 1. The summed E-state index contributed by atoms with van der Waals surface area (Å²) < 4.78 is 0. The van der Waals surface area contributed by atoms with E-state index in [0.29, 0.717) is 6.54 Å². The highest BCUT2D eigenvalue weighted by atomic mass is 16.2. The Labute approximate surface area is 169 Å². The summed E-state index contributed by atoms with van der Waals surface area (Å²) in [7, 11) is 0. The van der Waals surface area contributed by atoms with E-state index < -0.39 is 0 Å². The number of benzene rings is 2. The van der Waals surface area contributed by atoms with Crippen molar-refractivity contribution in [2.24, 2.45) is 0 Å². The van der Waals surface area contributed by atoms with Crippen molar-refractivity contribution in [2.75, 3.05) is 13.1 Å². The normalized spacial score (nSPS) is 19.4. The molecule has 1 amide bonds. The van der Waals surface area contributed by atoms with Gasteiger partial charge in [0.25, 0.3) is 0 Å². The second kappa shape index (κ2) is 8.91. The molecule has 4 rings (SSSR count). The number of rotatable bonds is 6. The van der Waals surface area contributed by atoms with Crippen molar-refractivity contribution in [2.45, 2.75) is 63.5 Å². The Morgan fingerprint density at radius 2 is 1.57 bits per heavy atom. The first-order valence-electron chi connectivity index (χ1n) is 10.9. The lowest BCUT2D eigenvalue weighted by atomic mass is 9.78. The van der Waals surface area contributed by atoms with E-state index in [2.05, 4.69) is 46.6 Å². The van der Waals surface area contributed by atoms with E-state index in [1.54, 1.807) is 0 Å². The van der Waals surface area contributed by atoms with Crippen LogP contribution >= 0.6 is 0 Å². The van der Waals surface area contributed by atoms with Crippen molar-refractivity contribution >= 4 is 5.91 Å². The number of piperidine rings is 1. The molecule has 0 bridgehead atoms. The van der Waals surface area contributed by atoms with Crippen molar-refractivity contribution < 1.29 is 4.79 Å². The molecule has 3 nitrogen and oxygen atoms in total. The van der Waals surface area contributed by atoms with Gasteiger partial charge >= 0.3 is 0 Å². The van der Waals surface area contributed by atoms with Crippen LogP contribution < -0.4 is 5.32 Å². The maximum atomic E-state index is 13.2. The van der Waals surface area contributed by atoms with Crippen molar-refractivity contribution in [3.8, 4) is 0 Å². The molecule has 0 spiro atoms. The molecule has 148 valence electrons. The largest absolute Gasteiger partial charge is 0.351 e. The maximum absolute atomic E-state index is 13.2. The summed E-state index contributed by atoms with van der Waals surface area (Å²) in [5, 5.41) is 3.26. The van der Waals surface area contributed by atoms with Crippen molar-refractivity contribution in [1.29, 1.82) is 0 Å². The minimum absolute atomic E-state index is 0.192. The quantitative estimate of drug-likeness (QED) is 0.785. The van der Waals surface area contributed by atoms with E-state index >= 15 is 0 Å². The molecule has 2 aromatic rings. The number of hydrogen-bond donors (Lipinski definition) is 1. The molecule has 1 heterocycles. The number of nitrogens with one attached hydrogen (secondary N) is 1. The molecule has 0 unspecified atom stereocenters. The molecular weight excluding hydrogens is 344 g/mol. The molecule has 1 saturated carbocycles. The van der Waals surface area contributed by atoms with Crippen LogP contribution in [-0.2, 0) is 23.3 Å². The second-order valence-electron chi connectivity index (χ2n) is 8.49. The van der Waals surface area contributed by atoms with Gasteiger partial charge in [0.1, 0.15) is 0 Å². The van der Waals surface area contributed by atoms with Gasteiger partial charge in [-0.1, -0.05) is 73.9 Å². The summed E-state index contributed by atoms with van der Waals surface area (Å²) in [6.07, 6.45) is 8.18. The topological polar surface area (TPSA) is 32.3 Å². The zero-order valence-electron chi connectivity index (χ0n) is 16.8. The second-order valence-corrected chi connectivity index (χ2v) is 8.49. The fourth-order valence-corrected chi connectivity index (χ4v) is 4.95.